The van der Waals surface area contributed by atoms with Crippen LogP contribution in [0.3, 0.4) is 0 Å². The largest absolute Gasteiger partial charge is 0.481 e. The molecule has 2 rings (SSSR count). The fourth-order valence-electron chi connectivity index (χ4n) is 2.70. The third-order valence-electron chi connectivity index (χ3n) is 3.63. The highest BCUT2D eigenvalue weighted by molar-refractivity contribution is 9.10. The van der Waals surface area contributed by atoms with E-state index in [9.17, 15) is 9.59 Å². The van der Waals surface area contributed by atoms with Crippen LogP contribution in [0.1, 0.15) is 49.0 Å². The normalized spacial score (nSPS) is 17.4. The average molecular weight is 341 g/mol. The van der Waals surface area contributed by atoms with E-state index in [2.05, 4.69) is 26.2 Å². The lowest BCUT2D eigenvalue weighted by atomic mass is 9.79. The van der Waals surface area contributed by atoms with Crippen molar-refractivity contribution in [1.29, 1.82) is 0 Å². The predicted octanol–water partition coefficient (Wildman–Crippen LogP) is 2.75. The van der Waals surface area contributed by atoms with Crippen LogP contribution >= 0.6 is 15.9 Å². The van der Waals surface area contributed by atoms with Gasteiger partial charge >= 0.3 is 5.97 Å². The zero-order chi connectivity index (χ0) is 14.6. The fourth-order valence-corrected chi connectivity index (χ4v) is 3.05. The molecule has 1 saturated carbocycles. The molecule has 0 aromatic carbocycles. The number of nitrogens with one attached hydrogen (secondary N) is 1. The smallest absolute Gasteiger partial charge is 0.305 e. The molecule has 1 aromatic rings. The zero-order valence-corrected chi connectivity index (χ0v) is 12.6. The highest BCUT2D eigenvalue weighted by atomic mass is 79.9. The molecular formula is C14H17BrN2O3. The summed E-state index contributed by atoms with van der Waals surface area (Å²) in [7, 11) is 0. The first-order valence-corrected chi connectivity index (χ1v) is 7.47. The molecule has 0 radical (unpaired) electrons. The summed E-state index contributed by atoms with van der Waals surface area (Å²) >= 11 is 3.22. The predicted molar refractivity (Wildman–Crippen MR) is 77.5 cm³/mol. The van der Waals surface area contributed by atoms with E-state index in [4.69, 9.17) is 5.11 Å². The van der Waals surface area contributed by atoms with Crippen LogP contribution in [0, 0.1) is 0 Å². The van der Waals surface area contributed by atoms with Gasteiger partial charge in [0.2, 0.25) is 0 Å². The van der Waals surface area contributed by atoms with Gasteiger partial charge in [-0.25, -0.2) is 4.98 Å². The summed E-state index contributed by atoms with van der Waals surface area (Å²) in [4.78, 5) is 27.4. The van der Waals surface area contributed by atoms with Crippen molar-refractivity contribution in [3.8, 4) is 0 Å². The van der Waals surface area contributed by atoms with Gasteiger partial charge in [-0.3, -0.25) is 9.59 Å². The lowest BCUT2D eigenvalue weighted by molar-refractivity contribution is -0.139. The molecule has 108 valence electrons. The van der Waals surface area contributed by atoms with Gasteiger partial charge in [0, 0.05) is 0 Å². The molecular weight excluding hydrogens is 324 g/mol. The molecule has 1 aromatic heterocycles. The van der Waals surface area contributed by atoms with Crippen LogP contribution in [0.2, 0.25) is 0 Å². The molecule has 2 N–H and O–H groups in total. The Labute approximate surface area is 125 Å². The minimum atomic E-state index is -0.880. The first-order chi connectivity index (χ1) is 9.51. The SMILES string of the molecule is O=C(O)CC1(NC(=O)c2cccc(Br)n2)CCCCC1. The van der Waals surface area contributed by atoms with Crippen molar-refractivity contribution in [1.82, 2.24) is 10.3 Å². The van der Waals surface area contributed by atoms with Crippen molar-refractivity contribution < 1.29 is 14.7 Å². The number of carbonyl (C=O) groups is 2. The summed E-state index contributed by atoms with van der Waals surface area (Å²) in [6.07, 6.45) is 4.36. The van der Waals surface area contributed by atoms with Crippen molar-refractivity contribution in [3.05, 3.63) is 28.5 Å². The molecule has 0 saturated heterocycles. The molecule has 1 fully saturated rings. The second-order valence-corrected chi connectivity index (χ2v) is 6.02. The van der Waals surface area contributed by atoms with Crippen LogP contribution in [0.25, 0.3) is 0 Å². The van der Waals surface area contributed by atoms with Crippen LogP contribution in [0.4, 0.5) is 0 Å². The Morgan fingerprint density at radius 1 is 1.30 bits per heavy atom. The van der Waals surface area contributed by atoms with Crippen LogP contribution in [0.15, 0.2) is 22.8 Å². The number of hydrogen-bond acceptors (Lipinski definition) is 3. The third-order valence-corrected chi connectivity index (χ3v) is 4.07. The summed E-state index contributed by atoms with van der Waals surface area (Å²) < 4.78 is 0.584. The molecule has 0 spiro atoms. The summed E-state index contributed by atoms with van der Waals surface area (Å²) in [5, 5.41) is 12.0. The third kappa shape index (κ3) is 3.79. The van der Waals surface area contributed by atoms with Crippen LogP contribution < -0.4 is 5.32 Å². The van der Waals surface area contributed by atoms with Crippen molar-refractivity contribution in [3.63, 3.8) is 0 Å². The van der Waals surface area contributed by atoms with E-state index < -0.39 is 11.5 Å². The number of halogens is 1. The number of carboxylic acids is 1. The summed E-state index contributed by atoms with van der Waals surface area (Å²) in [6, 6.07) is 5.10. The van der Waals surface area contributed by atoms with Gasteiger partial charge in [0.15, 0.2) is 0 Å². The summed E-state index contributed by atoms with van der Waals surface area (Å²) in [6.45, 7) is 0. The summed E-state index contributed by atoms with van der Waals surface area (Å²) in [5.41, 5.74) is -0.333. The van der Waals surface area contributed by atoms with Crippen LogP contribution in [-0.2, 0) is 4.79 Å². The zero-order valence-electron chi connectivity index (χ0n) is 11.1. The maximum Gasteiger partial charge on any atom is 0.305 e. The van der Waals surface area contributed by atoms with Crippen molar-refractivity contribution >= 4 is 27.8 Å². The van der Waals surface area contributed by atoms with Gasteiger partial charge in [0.05, 0.1) is 12.0 Å². The number of nitrogens with zero attached hydrogens (tertiary/aromatic N) is 1. The van der Waals surface area contributed by atoms with E-state index in [-0.39, 0.29) is 12.3 Å². The van der Waals surface area contributed by atoms with Gasteiger partial charge < -0.3 is 10.4 Å². The van der Waals surface area contributed by atoms with Crippen molar-refractivity contribution in [2.24, 2.45) is 0 Å². The molecule has 1 aliphatic carbocycles. The molecule has 0 unspecified atom stereocenters. The van der Waals surface area contributed by atoms with Gasteiger partial charge in [-0.2, -0.15) is 0 Å². The minimum Gasteiger partial charge on any atom is -0.481 e. The Kier molecular flexibility index (Phi) is 4.75. The Bertz CT molecular complexity index is 513. The fraction of sp³-hybridized carbons (Fsp3) is 0.500. The first kappa shape index (κ1) is 15.0. The molecule has 20 heavy (non-hydrogen) atoms. The van der Waals surface area contributed by atoms with E-state index in [1.807, 2.05) is 0 Å². The second-order valence-electron chi connectivity index (χ2n) is 5.21. The van der Waals surface area contributed by atoms with Gasteiger partial charge in [0.25, 0.3) is 5.91 Å². The Morgan fingerprint density at radius 2 is 2.00 bits per heavy atom. The van der Waals surface area contributed by atoms with E-state index in [1.54, 1.807) is 18.2 Å². The lowest BCUT2D eigenvalue weighted by Gasteiger charge is -2.36. The number of hydrogen-bond donors (Lipinski definition) is 2. The van der Waals surface area contributed by atoms with E-state index in [0.717, 1.165) is 19.3 Å². The number of aromatic nitrogens is 1. The number of aliphatic carboxylic acids is 1. The number of carboxylic acid groups (broad SMARTS) is 1. The van der Waals surface area contributed by atoms with Gasteiger partial charge in [-0.15, -0.1) is 0 Å². The first-order valence-electron chi connectivity index (χ1n) is 6.68. The molecule has 1 heterocycles. The van der Waals surface area contributed by atoms with E-state index >= 15 is 0 Å². The number of rotatable bonds is 4. The monoisotopic (exact) mass is 340 g/mol. The Hall–Kier alpha value is -1.43. The lowest BCUT2D eigenvalue weighted by Crippen LogP contribution is -2.51. The van der Waals surface area contributed by atoms with Crippen LogP contribution in [0.5, 0.6) is 0 Å². The maximum atomic E-state index is 12.3. The number of amides is 1. The number of pyridine rings is 1. The highest BCUT2D eigenvalue weighted by Crippen LogP contribution is 2.31. The Morgan fingerprint density at radius 3 is 2.60 bits per heavy atom. The van der Waals surface area contributed by atoms with Crippen LogP contribution in [-0.4, -0.2) is 27.5 Å². The molecule has 6 heteroatoms. The molecule has 0 bridgehead atoms. The highest BCUT2D eigenvalue weighted by Gasteiger charge is 2.36. The van der Waals surface area contributed by atoms with Gasteiger partial charge in [-0.05, 0) is 40.9 Å². The molecule has 0 aliphatic heterocycles. The molecule has 0 atom stereocenters. The van der Waals surface area contributed by atoms with E-state index in [0.29, 0.717) is 23.1 Å². The van der Waals surface area contributed by atoms with Gasteiger partial charge in [0.1, 0.15) is 10.3 Å². The minimum absolute atomic E-state index is 0.0350. The Balaban J connectivity index is 2.15. The molecule has 1 amide bonds. The maximum absolute atomic E-state index is 12.3. The van der Waals surface area contributed by atoms with Crippen molar-refractivity contribution in [2.45, 2.75) is 44.1 Å². The molecule has 1 aliphatic rings. The average Bonchev–Trinajstić information content (AvgIpc) is 2.38. The van der Waals surface area contributed by atoms with E-state index in [1.165, 1.54) is 0 Å². The van der Waals surface area contributed by atoms with Gasteiger partial charge in [-0.1, -0.05) is 25.3 Å². The topological polar surface area (TPSA) is 79.3 Å². The quantitative estimate of drug-likeness (QED) is 0.826. The summed E-state index contributed by atoms with van der Waals surface area (Å²) in [5.74, 6) is -1.19. The number of carbonyl (C=O) groups excluding carboxylic acids is 1. The second kappa shape index (κ2) is 6.35. The van der Waals surface area contributed by atoms with Crippen molar-refractivity contribution in [2.75, 3.05) is 0 Å². The molecule has 5 nitrogen and oxygen atoms in total. The standard InChI is InChI=1S/C14H17BrN2O3/c15-11-6-4-5-10(16-11)13(20)17-14(9-12(18)19)7-2-1-3-8-14/h4-6H,1-3,7-9H2,(H,17,20)(H,18,19).